The van der Waals surface area contributed by atoms with Crippen molar-refractivity contribution in [2.45, 2.75) is 26.3 Å². The van der Waals surface area contributed by atoms with Crippen molar-refractivity contribution >= 4 is 0 Å². The summed E-state index contributed by atoms with van der Waals surface area (Å²) < 4.78 is 0. The maximum Gasteiger partial charge on any atom is 0.120 e. The number of aliphatic hydroxyl groups is 1. The van der Waals surface area contributed by atoms with Gasteiger partial charge in [0.05, 0.1) is 0 Å². The Bertz CT molecular complexity index is 323. The zero-order valence-electron chi connectivity index (χ0n) is 8.62. The van der Waals surface area contributed by atoms with Crippen LogP contribution in [0.4, 0.5) is 0 Å². The molecule has 4 N–H and O–H groups in total. The summed E-state index contributed by atoms with van der Waals surface area (Å²) in [7, 11) is 0. The van der Waals surface area contributed by atoms with Crippen LogP contribution >= 0.6 is 0 Å². The van der Waals surface area contributed by atoms with Gasteiger partial charge in [0, 0.05) is 18.2 Å². The van der Waals surface area contributed by atoms with Gasteiger partial charge in [-0.3, -0.25) is 0 Å². The fourth-order valence-electron chi connectivity index (χ4n) is 1.41. The molecule has 0 aromatic heterocycles. The quantitative estimate of drug-likeness (QED) is 0.682. The fourth-order valence-corrected chi connectivity index (χ4v) is 1.41. The SMILES string of the molecule is Cc1cc(O)c(C(N)CCO)cc1C. The molecule has 0 saturated heterocycles. The number of aromatic hydroxyl groups is 1. The lowest BCUT2D eigenvalue weighted by Gasteiger charge is -2.14. The standard InChI is InChI=1S/C11H17NO2/c1-7-5-9(10(12)3-4-13)11(14)6-8(7)2/h5-6,10,13-14H,3-4,12H2,1-2H3. The molecule has 0 saturated carbocycles. The van der Waals surface area contributed by atoms with E-state index >= 15 is 0 Å². The van der Waals surface area contributed by atoms with Gasteiger partial charge in [0.1, 0.15) is 5.75 Å². The minimum Gasteiger partial charge on any atom is -0.508 e. The third-order valence-electron chi connectivity index (χ3n) is 2.48. The van der Waals surface area contributed by atoms with E-state index in [9.17, 15) is 5.11 Å². The number of hydrogen-bond acceptors (Lipinski definition) is 3. The number of rotatable bonds is 3. The molecule has 0 fully saturated rings. The molecule has 0 amide bonds. The zero-order valence-corrected chi connectivity index (χ0v) is 8.62. The molecule has 0 radical (unpaired) electrons. The summed E-state index contributed by atoms with van der Waals surface area (Å²) in [4.78, 5) is 0. The van der Waals surface area contributed by atoms with Crippen molar-refractivity contribution in [1.29, 1.82) is 0 Å². The van der Waals surface area contributed by atoms with Crippen molar-refractivity contribution in [3.05, 3.63) is 28.8 Å². The van der Waals surface area contributed by atoms with Crippen LogP contribution < -0.4 is 5.73 Å². The van der Waals surface area contributed by atoms with Crippen LogP contribution in [0.15, 0.2) is 12.1 Å². The molecular weight excluding hydrogens is 178 g/mol. The molecule has 0 aliphatic rings. The number of phenolic OH excluding ortho intramolecular Hbond substituents is 1. The van der Waals surface area contributed by atoms with E-state index in [1.165, 1.54) is 0 Å². The fraction of sp³-hybridized carbons (Fsp3) is 0.455. The predicted octanol–water partition coefficient (Wildman–Crippen LogP) is 1.39. The van der Waals surface area contributed by atoms with Crippen LogP contribution in [0.1, 0.15) is 29.2 Å². The zero-order chi connectivity index (χ0) is 10.7. The van der Waals surface area contributed by atoms with E-state index in [-0.39, 0.29) is 18.4 Å². The molecule has 14 heavy (non-hydrogen) atoms. The van der Waals surface area contributed by atoms with E-state index in [4.69, 9.17) is 10.8 Å². The van der Waals surface area contributed by atoms with E-state index in [2.05, 4.69) is 0 Å². The van der Waals surface area contributed by atoms with E-state index < -0.39 is 0 Å². The summed E-state index contributed by atoms with van der Waals surface area (Å²) in [6.07, 6.45) is 0.468. The van der Waals surface area contributed by atoms with Gasteiger partial charge in [0.2, 0.25) is 0 Å². The van der Waals surface area contributed by atoms with E-state index in [1.807, 2.05) is 19.9 Å². The van der Waals surface area contributed by atoms with Crippen LogP contribution in [-0.4, -0.2) is 16.8 Å². The first-order valence-corrected chi connectivity index (χ1v) is 4.72. The summed E-state index contributed by atoms with van der Waals surface area (Å²) >= 11 is 0. The Kier molecular flexibility index (Phi) is 3.49. The Morgan fingerprint density at radius 2 is 1.86 bits per heavy atom. The third kappa shape index (κ3) is 2.25. The lowest BCUT2D eigenvalue weighted by Crippen LogP contribution is -2.12. The van der Waals surface area contributed by atoms with Gasteiger partial charge in [-0.25, -0.2) is 0 Å². The van der Waals surface area contributed by atoms with Crippen molar-refractivity contribution in [3.63, 3.8) is 0 Å². The average Bonchev–Trinajstić information content (AvgIpc) is 2.11. The first kappa shape index (κ1) is 11.0. The van der Waals surface area contributed by atoms with Crippen LogP contribution in [0.2, 0.25) is 0 Å². The molecule has 1 rings (SSSR count). The second-order valence-corrected chi connectivity index (χ2v) is 3.61. The van der Waals surface area contributed by atoms with E-state index in [1.54, 1.807) is 6.07 Å². The molecule has 1 aromatic carbocycles. The normalized spacial score (nSPS) is 12.9. The highest BCUT2D eigenvalue weighted by molar-refractivity contribution is 5.42. The maximum absolute atomic E-state index is 9.65. The molecule has 1 atom stereocenters. The summed E-state index contributed by atoms with van der Waals surface area (Å²) in [5.74, 6) is 0.217. The monoisotopic (exact) mass is 195 g/mol. The van der Waals surface area contributed by atoms with Gasteiger partial charge in [-0.05, 0) is 37.5 Å². The highest BCUT2D eigenvalue weighted by atomic mass is 16.3. The highest BCUT2D eigenvalue weighted by Crippen LogP contribution is 2.27. The van der Waals surface area contributed by atoms with Crippen molar-refractivity contribution in [3.8, 4) is 5.75 Å². The molecule has 0 aliphatic heterocycles. The number of hydrogen-bond donors (Lipinski definition) is 3. The molecule has 1 unspecified atom stereocenters. The Labute approximate surface area is 84.2 Å². The van der Waals surface area contributed by atoms with Gasteiger partial charge in [-0.1, -0.05) is 6.07 Å². The number of aliphatic hydroxyl groups excluding tert-OH is 1. The molecule has 78 valence electrons. The summed E-state index contributed by atoms with van der Waals surface area (Å²) in [5.41, 5.74) is 8.66. The summed E-state index contributed by atoms with van der Waals surface area (Å²) in [6, 6.07) is 3.30. The third-order valence-corrected chi connectivity index (χ3v) is 2.48. The lowest BCUT2D eigenvalue weighted by molar-refractivity contribution is 0.275. The molecule has 3 nitrogen and oxygen atoms in total. The molecule has 0 spiro atoms. The molecule has 0 heterocycles. The Morgan fingerprint density at radius 1 is 1.29 bits per heavy atom. The van der Waals surface area contributed by atoms with Crippen LogP contribution in [0, 0.1) is 13.8 Å². The first-order valence-electron chi connectivity index (χ1n) is 4.72. The molecule has 1 aromatic rings. The van der Waals surface area contributed by atoms with Gasteiger partial charge < -0.3 is 15.9 Å². The molecular formula is C11H17NO2. The van der Waals surface area contributed by atoms with Crippen LogP contribution in [0.3, 0.4) is 0 Å². The first-order chi connectivity index (χ1) is 6.56. The highest BCUT2D eigenvalue weighted by Gasteiger charge is 2.11. The number of aryl methyl sites for hydroxylation is 2. The topological polar surface area (TPSA) is 66.5 Å². The summed E-state index contributed by atoms with van der Waals surface area (Å²) in [5, 5.41) is 18.4. The Morgan fingerprint density at radius 3 is 2.43 bits per heavy atom. The van der Waals surface area contributed by atoms with E-state index in [0.717, 1.165) is 11.1 Å². The Balaban J connectivity index is 3.02. The number of benzene rings is 1. The van der Waals surface area contributed by atoms with Crippen molar-refractivity contribution in [2.24, 2.45) is 5.73 Å². The van der Waals surface area contributed by atoms with Crippen molar-refractivity contribution in [1.82, 2.24) is 0 Å². The van der Waals surface area contributed by atoms with Gasteiger partial charge in [-0.2, -0.15) is 0 Å². The second kappa shape index (κ2) is 4.44. The van der Waals surface area contributed by atoms with Crippen molar-refractivity contribution in [2.75, 3.05) is 6.61 Å². The number of phenols is 1. The number of nitrogens with two attached hydrogens (primary N) is 1. The minimum atomic E-state index is -0.292. The molecule has 0 bridgehead atoms. The smallest absolute Gasteiger partial charge is 0.120 e. The minimum absolute atomic E-state index is 0.0352. The van der Waals surface area contributed by atoms with Crippen LogP contribution in [0.25, 0.3) is 0 Å². The second-order valence-electron chi connectivity index (χ2n) is 3.61. The van der Waals surface area contributed by atoms with Crippen molar-refractivity contribution < 1.29 is 10.2 Å². The largest absolute Gasteiger partial charge is 0.508 e. The van der Waals surface area contributed by atoms with Gasteiger partial charge in [-0.15, -0.1) is 0 Å². The molecule has 0 aliphatic carbocycles. The van der Waals surface area contributed by atoms with Gasteiger partial charge in [0.15, 0.2) is 0 Å². The molecule has 3 heteroatoms. The lowest BCUT2D eigenvalue weighted by atomic mass is 9.98. The Hall–Kier alpha value is -1.06. The predicted molar refractivity (Wildman–Crippen MR) is 56.2 cm³/mol. The van der Waals surface area contributed by atoms with Crippen LogP contribution in [-0.2, 0) is 0 Å². The maximum atomic E-state index is 9.65. The van der Waals surface area contributed by atoms with Gasteiger partial charge in [0.25, 0.3) is 0 Å². The van der Waals surface area contributed by atoms with E-state index in [0.29, 0.717) is 12.0 Å². The van der Waals surface area contributed by atoms with Gasteiger partial charge >= 0.3 is 0 Å². The summed E-state index contributed by atoms with van der Waals surface area (Å²) in [6.45, 7) is 3.95. The van der Waals surface area contributed by atoms with Crippen LogP contribution in [0.5, 0.6) is 5.75 Å². The average molecular weight is 195 g/mol.